The first-order chi connectivity index (χ1) is 8.35. The molecule has 4 heteroatoms. The second-order valence-electron chi connectivity index (χ2n) is 4.50. The fourth-order valence-corrected chi connectivity index (χ4v) is 2.79. The summed E-state index contributed by atoms with van der Waals surface area (Å²) < 4.78 is 5.30. The van der Waals surface area contributed by atoms with Crippen molar-refractivity contribution in [3.8, 4) is 5.75 Å². The van der Waals surface area contributed by atoms with Gasteiger partial charge in [-0.25, -0.2) is 4.98 Å². The van der Waals surface area contributed by atoms with Crippen molar-refractivity contribution in [3.63, 3.8) is 0 Å². The van der Waals surface area contributed by atoms with Gasteiger partial charge in [-0.1, -0.05) is 12.8 Å². The molecule has 1 aromatic heterocycles. The summed E-state index contributed by atoms with van der Waals surface area (Å²) in [6, 6.07) is 4.22. The van der Waals surface area contributed by atoms with Gasteiger partial charge in [0.05, 0.1) is 7.11 Å². The molecule has 1 aromatic rings. The van der Waals surface area contributed by atoms with E-state index in [4.69, 9.17) is 16.3 Å². The van der Waals surface area contributed by atoms with Gasteiger partial charge in [0.2, 0.25) is 0 Å². The van der Waals surface area contributed by atoms with E-state index in [9.17, 15) is 0 Å². The maximum Gasteiger partial charge on any atom is 0.168 e. The van der Waals surface area contributed by atoms with E-state index in [0.29, 0.717) is 17.8 Å². The molecule has 94 valence electrons. The molecule has 1 N–H and O–H groups in total. The molecule has 0 radical (unpaired) electrons. The lowest BCUT2D eigenvalue weighted by molar-refractivity contribution is 0.350. The lowest BCUT2D eigenvalue weighted by atomic mass is 9.86. The van der Waals surface area contributed by atoms with Gasteiger partial charge in [-0.3, -0.25) is 0 Å². The van der Waals surface area contributed by atoms with Crippen LogP contribution in [0.15, 0.2) is 18.3 Å². The fraction of sp³-hybridized carbons (Fsp3) is 0.615. The first kappa shape index (κ1) is 12.5. The van der Waals surface area contributed by atoms with Crippen LogP contribution in [0.25, 0.3) is 0 Å². The van der Waals surface area contributed by atoms with Gasteiger partial charge >= 0.3 is 0 Å². The number of methoxy groups -OCH3 is 1. The maximum absolute atomic E-state index is 6.02. The molecule has 17 heavy (non-hydrogen) atoms. The van der Waals surface area contributed by atoms with Crippen LogP contribution in [-0.4, -0.2) is 24.0 Å². The molecule has 0 amide bonds. The Hall–Kier alpha value is -0.960. The lowest BCUT2D eigenvalue weighted by Gasteiger charge is -2.31. The van der Waals surface area contributed by atoms with Crippen LogP contribution in [0.5, 0.6) is 5.75 Å². The van der Waals surface area contributed by atoms with Crippen LogP contribution in [0.4, 0.5) is 5.82 Å². The Morgan fingerprint density at radius 1 is 1.47 bits per heavy atom. The molecule has 2 unspecified atom stereocenters. The molecule has 0 bridgehead atoms. The number of hydrogen-bond donors (Lipinski definition) is 1. The third-order valence-corrected chi connectivity index (χ3v) is 3.82. The Labute approximate surface area is 108 Å². The Morgan fingerprint density at radius 2 is 2.29 bits per heavy atom. The van der Waals surface area contributed by atoms with Crippen LogP contribution in [0.1, 0.15) is 25.7 Å². The summed E-state index contributed by atoms with van der Waals surface area (Å²) in [6.45, 7) is 0. The second-order valence-corrected chi connectivity index (χ2v) is 4.81. The smallest absolute Gasteiger partial charge is 0.168 e. The van der Waals surface area contributed by atoms with Crippen molar-refractivity contribution >= 4 is 17.4 Å². The number of nitrogens with one attached hydrogen (secondary N) is 1. The van der Waals surface area contributed by atoms with Crippen molar-refractivity contribution in [1.29, 1.82) is 0 Å². The molecule has 2 atom stereocenters. The lowest BCUT2D eigenvalue weighted by Crippen LogP contribution is -2.33. The quantitative estimate of drug-likeness (QED) is 0.838. The van der Waals surface area contributed by atoms with Gasteiger partial charge in [-0.05, 0) is 30.9 Å². The van der Waals surface area contributed by atoms with Gasteiger partial charge in [0.25, 0.3) is 0 Å². The molecular formula is C13H19ClN2O. The number of nitrogens with zero attached hydrogens (tertiary/aromatic N) is 1. The van der Waals surface area contributed by atoms with Crippen LogP contribution in [0.2, 0.25) is 0 Å². The summed E-state index contributed by atoms with van der Waals surface area (Å²) in [6.07, 6.45) is 6.70. The number of ether oxygens (including phenoxy) is 1. The molecule has 0 aliphatic heterocycles. The highest BCUT2D eigenvalue weighted by Crippen LogP contribution is 2.30. The average Bonchev–Trinajstić information content (AvgIpc) is 2.40. The minimum Gasteiger partial charge on any atom is -0.493 e. The summed E-state index contributed by atoms with van der Waals surface area (Å²) in [5.41, 5.74) is 0. The molecular weight excluding hydrogens is 236 g/mol. The van der Waals surface area contributed by atoms with Crippen molar-refractivity contribution < 1.29 is 4.74 Å². The van der Waals surface area contributed by atoms with E-state index in [2.05, 4.69) is 10.3 Å². The number of halogens is 1. The standard InChI is InChI=1S/C13H19ClN2O/c1-17-12-7-4-8-15-13(12)16-11-6-3-2-5-10(11)9-14/h4,7-8,10-11H,2-3,5-6,9H2,1H3,(H,15,16). The largest absolute Gasteiger partial charge is 0.493 e. The van der Waals surface area contributed by atoms with Crippen molar-refractivity contribution in [2.24, 2.45) is 5.92 Å². The molecule has 2 rings (SSSR count). The van der Waals surface area contributed by atoms with Crippen molar-refractivity contribution in [2.75, 3.05) is 18.3 Å². The van der Waals surface area contributed by atoms with Crippen LogP contribution < -0.4 is 10.1 Å². The highest BCUT2D eigenvalue weighted by molar-refractivity contribution is 6.18. The normalized spacial score (nSPS) is 24.4. The molecule has 3 nitrogen and oxygen atoms in total. The number of rotatable bonds is 4. The number of pyridine rings is 1. The first-order valence-corrected chi connectivity index (χ1v) is 6.70. The maximum atomic E-state index is 6.02. The number of alkyl halides is 1. The van der Waals surface area contributed by atoms with Crippen LogP contribution in [0.3, 0.4) is 0 Å². The Kier molecular flexibility index (Phi) is 4.49. The van der Waals surface area contributed by atoms with E-state index in [0.717, 1.165) is 18.0 Å². The van der Waals surface area contributed by atoms with Gasteiger partial charge in [0, 0.05) is 18.1 Å². The molecule has 1 aliphatic rings. The number of aromatic nitrogens is 1. The van der Waals surface area contributed by atoms with Gasteiger partial charge < -0.3 is 10.1 Å². The summed E-state index contributed by atoms with van der Waals surface area (Å²) in [5.74, 6) is 2.88. The van der Waals surface area contributed by atoms with E-state index < -0.39 is 0 Å². The minimum atomic E-state index is 0.421. The monoisotopic (exact) mass is 254 g/mol. The molecule has 1 fully saturated rings. The molecule has 0 spiro atoms. The fourth-order valence-electron chi connectivity index (χ4n) is 2.42. The first-order valence-electron chi connectivity index (χ1n) is 6.16. The molecule has 0 saturated heterocycles. The van der Waals surface area contributed by atoms with E-state index in [1.54, 1.807) is 13.3 Å². The van der Waals surface area contributed by atoms with Crippen LogP contribution in [0, 0.1) is 5.92 Å². The van der Waals surface area contributed by atoms with Gasteiger partial charge in [-0.2, -0.15) is 0 Å². The van der Waals surface area contributed by atoms with E-state index in [1.165, 1.54) is 19.3 Å². The summed E-state index contributed by atoms with van der Waals surface area (Å²) in [5, 5.41) is 3.48. The second kappa shape index (κ2) is 6.10. The zero-order valence-corrected chi connectivity index (χ0v) is 10.9. The molecule has 1 saturated carbocycles. The zero-order chi connectivity index (χ0) is 12.1. The van der Waals surface area contributed by atoms with Crippen molar-refractivity contribution in [1.82, 2.24) is 4.98 Å². The highest BCUT2D eigenvalue weighted by Gasteiger charge is 2.25. The van der Waals surface area contributed by atoms with Crippen LogP contribution in [-0.2, 0) is 0 Å². The highest BCUT2D eigenvalue weighted by atomic mass is 35.5. The van der Waals surface area contributed by atoms with E-state index >= 15 is 0 Å². The van der Waals surface area contributed by atoms with Gasteiger partial charge in [0.15, 0.2) is 11.6 Å². The zero-order valence-electron chi connectivity index (χ0n) is 10.2. The third-order valence-electron chi connectivity index (χ3n) is 3.42. The topological polar surface area (TPSA) is 34.1 Å². The summed E-state index contributed by atoms with van der Waals surface area (Å²) in [4.78, 5) is 4.33. The predicted octanol–water partition coefficient (Wildman–Crippen LogP) is 3.30. The average molecular weight is 255 g/mol. The van der Waals surface area contributed by atoms with Crippen molar-refractivity contribution in [2.45, 2.75) is 31.7 Å². The summed E-state index contributed by atoms with van der Waals surface area (Å²) >= 11 is 6.02. The Balaban J connectivity index is 2.08. The van der Waals surface area contributed by atoms with Gasteiger partial charge in [0.1, 0.15) is 0 Å². The SMILES string of the molecule is COc1cccnc1NC1CCCCC1CCl. The molecule has 0 aromatic carbocycles. The summed E-state index contributed by atoms with van der Waals surface area (Å²) in [7, 11) is 1.67. The molecule has 1 aliphatic carbocycles. The van der Waals surface area contributed by atoms with E-state index in [-0.39, 0.29) is 0 Å². The van der Waals surface area contributed by atoms with Crippen molar-refractivity contribution in [3.05, 3.63) is 18.3 Å². The van der Waals surface area contributed by atoms with E-state index in [1.807, 2.05) is 12.1 Å². The molecule has 1 heterocycles. The predicted molar refractivity (Wildman–Crippen MR) is 70.9 cm³/mol. The van der Waals surface area contributed by atoms with Crippen LogP contribution >= 0.6 is 11.6 Å². The minimum absolute atomic E-state index is 0.421. The number of hydrogen-bond acceptors (Lipinski definition) is 3. The third kappa shape index (κ3) is 3.03. The Bertz CT molecular complexity index is 359. The number of anilines is 1. The van der Waals surface area contributed by atoms with Gasteiger partial charge in [-0.15, -0.1) is 11.6 Å². The Morgan fingerprint density at radius 3 is 3.06 bits per heavy atom.